The number of hydrogen-bond donors (Lipinski definition) is 0. The molecule has 0 aliphatic heterocycles. The van der Waals surface area contributed by atoms with Crippen LogP contribution >= 0.6 is 0 Å². The molecule has 0 amide bonds. The summed E-state index contributed by atoms with van der Waals surface area (Å²) in [5, 5.41) is 0. The number of hydrogen-bond acceptors (Lipinski definition) is 1. The van der Waals surface area contributed by atoms with Gasteiger partial charge in [-0.25, -0.2) is 0 Å². The summed E-state index contributed by atoms with van der Waals surface area (Å²) in [5.41, 5.74) is 8.49. The lowest BCUT2D eigenvalue weighted by Gasteiger charge is -2.23. The van der Waals surface area contributed by atoms with Crippen LogP contribution in [0.1, 0.15) is 55.0 Å². The normalized spacial score (nSPS) is 15.3. The summed E-state index contributed by atoms with van der Waals surface area (Å²) in [5.74, 6) is 0. The quantitative estimate of drug-likeness (QED) is 0.728. The maximum atomic E-state index is 4.59. The van der Waals surface area contributed by atoms with Crippen LogP contribution in [0.2, 0.25) is 0 Å². The lowest BCUT2D eigenvalue weighted by Crippen LogP contribution is -2.04. The molecule has 0 fully saturated rings. The average Bonchev–Trinajstić information content (AvgIpc) is 2.55. The van der Waals surface area contributed by atoms with Gasteiger partial charge in [0.05, 0.1) is 0 Å². The molecule has 0 spiro atoms. The Morgan fingerprint density at radius 3 is 2.29 bits per heavy atom. The lowest BCUT2D eigenvalue weighted by atomic mass is 9.82. The molecule has 0 saturated heterocycles. The number of nitrogens with zero attached hydrogens (tertiary/aromatic N) is 1. The number of rotatable bonds is 3. The highest BCUT2D eigenvalue weighted by Gasteiger charge is 2.18. The lowest BCUT2D eigenvalue weighted by molar-refractivity contribution is 0.751. The molecule has 0 N–H and O–H groups in total. The number of benzene rings is 1. The molecule has 3 rings (SSSR count). The van der Waals surface area contributed by atoms with Gasteiger partial charge in [-0.1, -0.05) is 37.3 Å². The largest absolute Gasteiger partial charge is 0.261 e. The summed E-state index contributed by atoms with van der Waals surface area (Å²) in [6.07, 6.45) is 7.89. The predicted molar refractivity (Wildman–Crippen MR) is 90.1 cm³/mol. The summed E-state index contributed by atoms with van der Waals surface area (Å²) >= 11 is 0. The van der Waals surface area contributed by atoms with Gasteiger partial charge in [-0.3, -0.25) is 4.98 Å². The van der Waals surface area contributed by atoms with Crippen molar-refractivity contribution in [3.63, 3.8) is 0 Å². The Morgan fingerprint density at radius 2 is 1.57 bits per heavy atom. The van der Waals surface area contributed by atoms with Crippen molar-refractivity contribution in [1.29, 1.82) is 0 Å². The Hall–Kier alpha value is -1.89. The molecule has 0 saturated carbocycles. The maximum Gasteiger partial charge on any atom is 0.0475 e. The van der Waals surface area contributed by atoms with Crippen molar-refractivity contribution in [3.05, 3.63) is 65.0 Å². The van der Waals surface area contributed by atoms with Gasteiger partial charge in [-0.05, 0) is 72.9 Å². The highest BCUT2D eigenvalue weighted by molar-refractivity contribution is 5.92. The first-order valence-corrected chi connectivity index (χ1v) is 8.03. The van der Waals surface area contributed by atoms with Crippen LogP contribution < -0.4 is 0 Å². The first-order valence-electron chi connectivity index (χ1n) is 8.03. The monoisotopic (exact) mass is 277 g/mol. The molecule has 1 aromatic heterocycles. The van der Waals surface area contributed by atoms with Crippen molar-refractivity contribution in [2.24, 2.45) is 0 Å². The highest BCUT2D eigenvalue weighted by Crippen LogP contribution is 2.39. The SMILES string of the molecule is CCc1ncccc1C1=C(c2ccccc2C)CCCC1. The minimum atomic E-state index is 1.00. The highest BCUT2D eigenvalue weighted by atomic mass is 14.7. The smallest absolute Gasteiger partial charge is 0.0475 e. The van der Waals surface area contributed by atoms with Crippen molar-refractivity contribution in [2.45, 2.75) is 46.0 Å². The molecular weight excluding hydrogens is 254 g/mol. The standard InChI is InChI=1S/C20H23N/c1-3-20-19(13-8-14-21-20)18-12-7-6-11-17(18)16-10-5-4-9-15(16)2/h4-5,8-10,13-14H,3,6-7,11-12H2,1-2H3. The minimum absolute atomic E-state index is 1.00. The maximum absolute atomic E-state index is 4.59. The molecule has 1 aromatic carbocycles. The molecule has 1 heterocycles. The predicted octanol–water partition coefficient (Wildman–Crippen LogP) is 5.44. The Labute approximate surface area is 127 Å². The van der Waals surface area contributed by atoms with Crippen LogP contribution in [0.3, 0.4) is 0 Å². The van der Waals surface area contributed by atoms with Gasteiger partial charge in [0, 0.05) is 11.9 Å². The van der Waals surface area contributed by atoms with Gasteiger partial charge in [0.1, 0.15) is 0 Å². The minimum Gasteiger partial charge on any atom is -0.261 e. The summed E-state index contributed by atoms with van der Waals surface area (Å²) in [6, 6.07) is 13.1. The second kappa shape index (κ2) is 6.26. The third-order valence-corrected chi connectivity index (χ3v) is 4.49. The molecular formula is C20H23N. The van der Waals surface area contributed by atoms with Crippen molar-refractivity contribution < 1.29 is 0 Å². The van der Waals surface area contributed by atoms with E-state index in [1.807, 2.05) is 6.20 Å². The zero-order valence-corrected chi connectivity index (χ0v) is 13.0. The fourth-order valence-electron chi connectivity index (χ4n) is 3.41. The van der Waals surface area contributed by atoms with Gasteiger partial charge >= 0.3 is 0 Å². The summed E-state index contributed by atoms with van der Waals surface area (Å²) in [7, 11) is 0. The van der Waals surface area contributed by atoms with Crippen molar-refractivity contribution >= 4 is 11.1 Å². The van der Waals surface area contributed by atoms with Crippen LogP contribution in [0.25, 0.3) is 11.1 Å². The number of pyridine rings is 1. The molecule has 21 heavy (non-hydrogen) atoms. The van der Waals surface area contributed by atoms with E-state index in [1.54, 1.807) is 5.57 Å². The second-order valence-electron chi connectivity index (χ2n) is 5.83. The molecule has 0 radical (unpaired) electrons. The van der Waals surface area contributed by atoms with Crippen LogP contribution in [0.15, 0.2) is 42.6 Å². The van der Waals surface area contributed by atoms with Crippen LogP contribution in [0.5, 0.6) is 0 Å². The Kier molecular flexibility index (Phi) is 4.19. The number of aromatic nitrogens is 1. The van der Waals surface area contributed by atoms with E-state index in [-0.39, 0.29) is 0 Å². The van der Waals surface area contributed by atoms with E-state index in [0.29, 0.717) is 0 Å². The molecule has 1 nitrogen and oxygen atoms in total. The molecule has 1 heteroatoms. The van der Waals surface area contributed by atoms with E-state index < -0.39 is 0 Å². The first-order chi connectivity index (χ1) is 10.3. The van der Waals surface area contributed by atoms with Gasteiger partial charge in [-0.2, -0.15) is 0 Å². The van der Waals surface area contributed by atoms with Gasteiger partial charge in [0.15, 0.2) is 0 Å². The molecule has 108 valence electrons. The van der Waals surface area contributed by atoms with E-state index in [2.05, 4.69) is 55.2 Å². The van der Waals surface area contributed by atoms with Gasteiger partial charge < -0.3 is 0 Å². The summed E-state index contributed by atoms with van der Waals surface area (Å²) < 4.78 is 0. The summed E-state index contributed by atoms with van der Waals surface area (Å²) in [6.45, 7) is 4.42. The van der Waals surface area contributed by atoms with E-state index >= 15 is 0 Å². The zero-order chi connectivity index (χ0) is 14.7. The molecule has 0 atom stereocenters. The Morgan fingerprint density at radius 1 is 0.905 bits per heavy atom. The molecule has 0 unspecified atom stereocenters. The zero-order valence-electron chi connectivity index (χ0n) is 13.0. The van der Waals surface area contributed by atoms with Gasteiger partial charge in [0.25, 0.3) is 0 Å². The number of aryl methyl sites for hydroxylation is 2. The first kappa shape index (κ1) is 14.1. The van der Waals surface area contributed by atoms with E-state index in [4.69, 9.17) is 0 Å². The Bertz CT molecular complexity index is 667. The molecule has 0 bridgehead atoms. The third kappa shape index (κ3) is 2.78. The van der Waals surface area contributed by atoms with E-state index in [1.165, 1.54) is 53.6 Å². The summed E-state index contributed by atoms with van der Waals surface area (Å²) in [4.78, 5) is 4.59. The topological polar surface area (TPSA) is 12.9 Å². The van der Waals surface area contributed by atoms with Crippen LogP contribution in [-0.2, 0) is 6.42 Å². The van der Waals surface area contributed by atoms with Gasteiger partial charge in [0.2, 0.25) is 0 Å². The van der Waals surface area contributed by atoms with Crippen LogP contribution in [0.4, 0.5) is 0 Å². The molecule has 2 aromatic rings. The fourth-order valence-corrected chi connectivity index (χ4v) is 3.41. The van der Waals surface area contributed by atoms with Crippen molar-refractivity contribution in [1.82, 2.24) is 4.98 Å². The number of allylic oxidation sites excluding steroid dienone is 2. The molecule has 1 aliphatic carbocycles. The average molecular weight is 277 g/mol. The second-order valence-corrected chi connectivity index (χ2v) is 5.83. The van der Waals surface area contributed by atoms with Crippen molar-refractivity contribution in [2.75, 3.05) is 0 Å². The fraction of sp³-hybridized carbons (Fsp3) is 0.350. The Balaban J connectivity index is 2.18. The van der Waals surface area contributed by atoms with Crippen molar-refractivity contribution in [3.8, 4) is 0 Å². The molecule has 1 aliphatic rings. The van der Waals surface area contributed by atoms with E-state index in [9.17, 15) is 0 Å². The van der Waals surface area contributed by atoms with Crippen LogP contribution in [0, 0.1) is 6.92 Å². The third-order valence-electron chi connectivity index (χ3n) is 4.49. The van der Waals surface area contributed by atoms with Gasteiger partial charge in [-0.15, -0.1) is 0 Å². The van der Waals surface area contributed by atoms with E-state index in [0.717, 1.165) is 6.42 Å². The van der Waals surface area contributed by atoms with Crippen LogP contribution in [-0.4, -0.2) is 4.98 Å².